The van der Waals surface area contributed by atoms with Crippen LogP contribution in [0.4, 0.5) is 5.13 Å². The van der Waals surface area contributed by atoms with Gasteiger partial charge in [-0.05, 0) is 30.6 Å². The minimum absolute atomic E-state index is 0.125. The third-order valence-corrected chi connectivity index (χ3v) is 6.71. The largest absolute Gasteiger partial charge is 0.299 e. The molecule has 2 rings (SSSR count). The van der Waals surface area contributed by atoms with Gasteiger partial charge in [-0.2, -0.15) is 16.5 Å². The Morgan fingerprint density at radius 2 is 1.92 bits per heavy atom. The van der Waals surface area contributed by atoms with Crippen LogP contribution in [0.15, 0.2) is 35.2 Å². The maximum atomic E-state index is 12.6. The smallest absolute Gasteiger partial charge is 0.244 e. The molecule has 0 saturated heterocycles. The van der Waals surface area contributed by atoms with Crippen LogP contribution in [0.25, 0.3) is 0 Å². The lowest BCUT2D eigenvalue weighted by atomic mass is 10.2. The molecule has 1 amide bonds. The third-order valence-electron chi connectivity index (χ3n) is 3.44. The molecule has 0 aliphatic rings. The van der Waals surface area contributed by atoms with Crippen LogP contribution in [-0.2, 0) is 14.8 Å². The second kappa shape index (κ2) is 9.45. The van der Waals surface area contributed by atoms with Gasteiger partial charge in [0.15, 0.2) is 0 Å². The molecule has 0 fully saturated rings. The van der Waals surface area contributed by atoms with Gasteiger partial charge < -0.3 is 0 Å². The Bertz CT molecular complexity index is 822. The zero-order valence-electron chi connectivity index (χ0n) is 14.8. The molecule has 1 aromatic heterocycles. The number of amides is 1. The SMILES string of the molecule is CSCCC(NS(=O)(=O)c1ccccc1)C(=O)Nc1nnc(C(C)C)s1. The van der Waals surface area contributed by atoms with Gasteiger partial charge in [-0.3, -0.25) is 10.1 Å². The molecular formula is C16H22N4O3S3. The lowest BCUT2D eigenvalue weighted by molar-refractivity contribution is -0.117. The molecule has 1 unspecified atom stereocenters. The van der Waals surface area contributed by atoms with Gasteiger partial charge in [0, 0.05) is 5.92 Å². The Balaban J connectivity index is 2.13. The maximum Gasteiger partial charge on any atom is 0.244 e. The number of carbonyl (C=O) groups excluding carboxylic acids is 1. The number of nitrogens with zero attached hydrogens (tertiary/aromatic N) is 2. The fourth-order valence-corrected chi connectivity index (χ4v) is 4.52. The van der Waals surface area contributed by atoms with Gasteiger partial charge in [0.05, 0.1) is 4.90 Å². The van der Waals surface area contributed by atoms with Crippen molar-refractivity contribution in [3.63, 3.8) is 0 Å². The van der Waals surface area contributed by atoms with Crippen molar-refractivity contribution in [1.82, 2.24) is 14.9 Å². The van der Waals surface area contributed by atoms with Crippen molar-refractivity contribution in [3.05, 3.63) is 35.3 Å². The van der Waals surface area contributed by atoms with E-state index < -0.39 is 22.0 Å². The number of thioether (sulfide) groups is 1. The third kappa shape index (κ3) is 5.76. The molecule has 0 aliphatic carbocycles. The van der Waals surface area contributed by atoms with E-state index in [-0.39, 0.29) is 10.8 Å². The van der Waals surface area contributed by atoms with E-state index in [1.54, 1.807) is 30.0 Å². The summed E-state index contributed by atoms with van der Waals surface area (Å²) in [7, 11) is -3.79. The van der Waals surface area contributed by atoms with Crippen molar-refractivity contribution in [2.24, 2.45) is 0 Å². The number of anilines is 1. The fourth-order valence-electron chi connectivity index (χ4n) is 2.05. The molecule has 2 N–H and O–H groups in total. The topological polar surface area (TPSA) is 101 Å². The number of nitrogens with one attached hydrogen (secondary N) is 2. The van der Waals surface area contributed by atoms with Crippen molar-refractivity contribution < 1.29 is 13.2 Å². The van der Waals surface area contributed by atoms with E-state index in [1.807, 2.05) is 20.1 Å². The summed E-state index contributed by atoms with van der Waals surface area (Å²) in [6.45, 7) is 3.97. The van der Waals surface area contributed by atoms with Crippen LogP contribution < -0.4 is 10.0 Å². The zero-order valence-corrected chi connectivity index (χ0v) is 17.2. The van der Waals surface area contributed by atoms with Crippen molar-refractivity contribution in [3.8, 4) is 0 Å². The van der Waals surface area contributed by atoms with E-state index >= 15 is 0 Å². The van der Waals surface area contributed by atoms with Crippen molar-refractivity contribution >= 4 is 44.2 Å². The first-order valence-corrected chi connectivity index (χ1v) is 11.7. The Hall–Kier alpha value is -1.49. The number of sulfonamides is 1. The van der Waals surface area contributed by atoms with E-state index in [4.69, 9.17) is 0 Å². The maximum absolute atomic E-state index is 12.6. The minimum atomic E-state index is -3.79. The van der Waals surface area contributed by atoms with E-state index in [1.165, 1.54) is 23.5 Å². The lowest BCUT2D eigenvalue weighted by Crippen LogP contribution is -2.44. The molecule has 1 atom stereocenters. The first kappa shape index (κ1) is 20.8. The van der Waals surface area contributed by atoms with Crippen LogP contribution in [0.2, 0.25) is 0 Å². The highest BCUT2D eigenvalue weighted by Crippen LogP contribution is 2.22. The molecule has 0 bridgehead atoms. The average Bonchev–Trinajstić information content (AvgIpc) is 3.08. The van der Waals surface area contributed by atoms with Crippen LogP contribution in [0.1, 0.15) is 31.2 Å². The highest BCUT2D eigenvalue weighted by molar-refractivity contribution is 7.98. The van der Waals surface area contributed by atoms with E-state index in [0.29, 0.717) is 17.3 Å². The summed E-state index contributed by atoms with van der Waals surface area (Å²) in [6.07, 6.45) is 2.27. The average molecular weight is 415 g/mol. The fraction of sp³-hybridized carbons (Fsp3) is 0.438. The van der Waals surface area contributed by atoms with Crippen LogP contribution in [0, 0.1) is 0 Å². The molecular weight excluding hydrogens is 392 g/mol. The zero-order chi connectivity index (χ0) is 19.2. The first-order chi connectivity index (χ1) is 12.3. The molecule has 0 aliphatic heterocycles. The van der Waals surface area contributed by atoms with E-state index in [2.05, 4.69) is 20.2 Å². The first-order valence-electron chi connectivity index (χ1n) is 8.04. The summed E-state index contributed by atoms with van der Waals surface area (Å²) in [5, 5.41) is 11.8. The van der Waals surface area contributed by atoms with Crippen molar-refractivity contribution in [2.45, 2.75) is 37.1 Å². The molecule has 2 aromatic rings. The summed E-state index contributed by atoms with van der Waals surface area (Å²) in [6, 6.07) is 7.11. The summed E-state index contributed by atoms with van der Waals surface area (Å²) in [5.74, 6) is 0.412. The molecule has 0 spiro atoms. The van der Waals surface area contributed by atoms with Gasteiger partial charge in [-0.1, -0.05) is 43.4 Å². The van der Waals surface area contributed by atoms with Gasteiger partial charge in [0.25, 0.3) is 0 Å². The number of hydrogen-bond donors (Lipinski definition) is 2. The molecule has 0 radical (unpaired) electrons. The molecule has 26 heavy (non-hydrogen) atoms. The Kier molecular flexibility index (Phi) is 7.56. The molecule has 10 heteroatoms. The van der Waals surface area contributed by atoms with Crippen LogP contribution in [0.3, 0.4) is 0 Å². The van der Waals surface area contributed by atoms with E-state index in [0.717, 1.165) is 5.01 Å². The standard InChI is InChI=1S/C16H22N4O3S3/c1-11(2)15-18-19-16(25-15)17-14(21)13(9-10-24-3)20-26(22,23)12-7-5-4-6-8-12/h4-8,11,13,20H,9-10H2,1-3H3,(H,17,19,21). The Labute approximate surface area is 162 Å². The number of aromatic nitrogens is 2. The van der Waals surface area contributed by atoms with Crippen LogP contribution in [-0.4, -0.2) is 42.6 Å². The second-order valence-electron chi connectivity index (χ2n) is 5.86. The predicted molar refractivity (Wildman–Crippen MR) is 106 cm³/mol. The van der Waals surface area contributed by atoms with Crippen LogP contribution >= 0.6 is 23.1 Å². The number of benzene rings is 1. The summed E-state index contributed by atoms with van der Waals surface area (Å²) in [5.41, 5.74) is 0. The number of hydrogen-bond acceptors (Lipinski definition) is 7. The van der Waals surface area contributed by atoms with Gasteiger partial charge >= 0.3 is 0 Å². The molecule has 0 saturated carbocycles. The predicted octanol–water partition coefficient (Wildman–Crippen LogP) is 2.70. The van der Waals surface area contributed by atoms with Gasteiger partial charge in [0.2, 0.25) is 21.1 Å². The monoisotopic (exact) mass is 414 g/mol. The lowest BCUT2D eigenvalue weighted by Gasteiger charge is -2.17. The number of rotatable bonds is 9. The Morgan fingerprint density at radius 3 is 2.50 bits per heavy atom. The molecule has 1 aromatic carbocycles. The highest BCUT2D eigenvalue weighted by atomic mass is 32.2. The molecule has 1 heterocycles. The number of carbonyl (C=O) groups is 1. The molecule has 142 valence electrons. The quantitative estimate of drug-likeness (QED) is 0.654. The normalized spacial score (nSPS) is 12.9. The Morgan fingerprint density at radius 1 is 1.23 bits per heavy atom. The van der Waals surface area contributed by atoms with Gasteiger partial charge in [-0.15, -0.1) is 10.2 Å². The molecule has 7 nitrogen and oxygen atoms in total. The summed E-state index contributed by atoms with van der Waals surface area (Å²) < 4.78 is 27.6. The summed E-state index contributed by atoms with van der Waals surface area (Å²) in [4.78, 5) is 12.7. The highest BCUT2D eigenvalue weighted by Gasteiger charge is 2.26. The second-order valence-corrected chi connectivity index (χ2v) is 9.57. The van der Waals surface area contributed by atoms with Gasteiger partial charge in [-0.25, -0.2) is 8.42 Å². The van der Waals surface area contributed by atoms with Crippen molar-refractivity contribution in [1.29, 1.82) is 0 Å². The summed E-state index contributed by atoms with van der Waals surface area (Å²) >= 11 is 2.83. The van der Waals surface area contributed by atoms with E-state index in [9.17, 15) is 13.2 Å². The van der Waals surface area contributed by atoms with Gasteiger partial charge in [0.1, 0.15) is 11.0 Å². The van der Waals surface area contributed by atoms with Crippen LogP contribution in [0.5, 0.6) is 0 Å². The minimum Gasteiger partial charge on any atom is -0.299 e. The van der Waals surface area contributed by atoms with Crippen molar-refractivity contribution in [2.75, 3.05) is 17.3 Å².